The second kappa shape index (κ2) is 8.53. The summed E-state index contributed by atoms with van der Waals surface area (Å²) in [4.78, 5) is 9.14. The smallest absolute Gasteiger partial charge is 0.223 e. The van der Waals surface area contributed by atoms with Crippen molar-refractivity contribution in [2.24, 2.45) is 0 Å². The van der Waals surface area contributed by atoms with E-state index in [1.54, 1.807) is 12.1 Å². The number of thioether (sulfide) groups is 1. The second-order valence-electron chi connectivity index (χ2n) is 6.75. The number of nitrogens with zero attached hydrogens (tertiary/aromatic N) is 2. The van der Waals surface area contributed by atoms with Gasteiger partial charge in [0.2, 0.25) is 5.88 Å². The summed E-state index contributed by atoms with van der Waals surface area (Å²) in [6.07, 6.45) is 0. The molecule has 0 amide bonds. The Labute approximate surface area is 164 Å². The normalized spacial score (nSPS) is 11.0. The largest absolute Gasteiger partial charge is 0.439 e. The number of aryl methyl sites for hydroxylation is 1. The van der Waals surface area contributed by atoms with E-state index in [0.717, 1.165) is 17.0 Å². The van der Waals surface area contributed by atoms with Crippen LogP contribution in [0.15, 0.2) is 53.7 Å². The summed E-state index contributed by atoms with van der Waals surface area (Å²) >= 11 is 1.41. The van der Waals surface area contributed by atoms with E-state index in [-0.39, 0.29) is 11.7 Å². The third kappa shape index (κ3) is 4.86. The minimum absolute atomic E-state index is 0.211. The van der Waals surface area contributed by atoms with Crippen LogP contribution in [0.25, 0.3) is 0 Å². The van der Waals surface area contributed by atoms with Gasteiger partial charge < -0.3 is 4.74 Å². The molecule has 1 aromatic heterocycles. The highest BCUT2D eigenvalue weighted by atomic mass is 32.2. The molecule has 0 spiro atoms. The molecule has 3 nitrogen and oxygen atoms in total. The van der Waals surface area contributed by atoms with Crippen molar-refractivity contribution in [2.75, 3.05) is 0 Å². The maximum Gasteiger partial charge on any atom is 0.223 e. The van der Waals surface area contributed by atoms with Gasteiger partial charge in [-0.05, 0) is 48.6 Å². The molecule has 0 N–H and O–H groups in total. The zero-order chi connectivity index (χ0) is 19.4. The Morgan fingerprint density at radius 3 is 2.56 bits per heavy atom. The van der Waals surface area contributed by atoms with Gasteiger partial charge in [-0.1, -0.05) is 55.9 Å². The van der Waals surface area contributed by atoms with Crippen molar-refractivity contribution in [3.63, 3.8) is 0 Å². The van der Waals surface area contributed by atoms with Gasteiger partial charge in [0.25, 0.3) is 0 Å². The number of benzene rings is 2. The van der Waals surface area contributed by atoms with Crippen molar-refractivity contribution >= 4 is 11.8 Å². The molecule has 3 rings (SSSR count). The zero-order valence-corrected chi connectivity index (χ0v) is 16.8. The predicted molar refractivity (Wildman–Crippen MR) is 108 cm³/mol. The van der Waals surface area contributed by atoms with Gasteiger partial charge in [0.05, 0.1) is 5.69 Å². The summed E-state index contributed by atoms with van der Waals surface area (Å²) in [6.45, 7) is 8.24. The molecule has 0 aliphatic carbocycles. The quantitative estimate of drug-likeness (QED) is 0.363. The van der Waals surface area contributed by atoms with E-state index < -0.39 is 0 Å². The van der Waals surface area contributed by atoms with E-state index in [2.05, 4.69) is 36.8 Å². The minimum Gasteiger partial charge on any atom is -0.439 e. The van der Waals surface area contributed by atoms with Crippen molar-refractivity contribution in [1.29, 1.82) is 0 Å². The molecular formula is C22H23FN2OS. The second-order valence-corrected chi connectivity index (χ2v) is 7.69. The molecule has 0 bridgehead atoms. The number of hydrogen-bond acceptors (Lipinski definition) is 4. The van der Waals surface area contributed by atoms with Gasteiger partial charge in [-0.15, -0.1) is 0 Å². The van der Waals surface area contributed by atoms with Crippen molar-refractivity contribution < 1.29 is 9.13 Å². The van der Waals surface area contributed by atoms with E-state index >= 15 is 0 Å². The molecule has 0 aliphatic heterocycles. The average molecular weight is 383 g/mol. The van der Waals surface area contributed by atoms with Gasteiger partial charge in [0, 0.05) is 11.8 Å². The highest BCUT2D eigenvalue weighted by molar-refractivity contribution is 7.98. The van der Waals surface area contributed by atoms with Crippen LogP contribution >= 0.6 is 11.8 Å². The van der Waals surface area contributed by atoms with Crippen LogP contribution in [-0.4, -0.2) is 9.97 Å². The SMILES string of the molecule is Cc1cccc(Oc2cc(C(C)C)nc(SCc3ccccc3F)n2)c1C. The fraction of sp³-hybridized carbons (Fsp3) is 0.273. The van der Waals surface area contributed by atoms with Crippen LogP contribution in [0.5, 0.6) is 11.6 Å². The first-order valence-electron chi connectivity index (χ1n) is 8.93. The van der Waals surface area contributed by atoms with Crippen LogP contribution in [0.1, 0.15) is 42.1 Å². The molecule has 0 atom stereocenters. The number of ether oxygens (including phenoxy) is 1. The standard InChI is InChI=1S/C22H23FN2OS/c1-14(2)19-12-21(26-20-11-7-8-15(3)16(20)4)25-22(24-19)27-13-17-9-5-6-10-18(17)23/h5-12,14H,13H2,1-4H3. The highest BCUT2D eigenvalue weighted by Crippen LogP contribution is 2.30. The molecular weight excluding hydrogens is 359 g/mol. The summed E-state index contributed by atoms with van der Waals surface area (Å²) in [5.74, 6) is 1.79. The lowest BCUT2D eigenvalue weighted by molar-refractivity contribution is 0.449. The molecule has 5 heteroatoms. The molecule has 0 radical (unpaired) electrons. The predicted octanol–water partition coefficient (Wildman–Crippen LogP) is 6.44. The first-order valence-corrected chi connectivity index (χ1v) is 9.92. The first kappa shape index (κ1) is 19.4. The third-order valence-corrected chi connectivity index (χ3v) is 5.27. The Morgan fingerprint density at radius 2 is 1.81 bits per heavy atom. The Kier molecular flexibility index (Phi) is 6.11. The number of rotatable bonds is 6. The fourth-order valence-electron chi connectivity index (χ4n) is 2.54. The average Bonchev–Trinajstić information content (AvgIpc) is 2.65. The summed E-state index contributed by atoms with van der Waals surface area (Å²) in [5, 5.41) is 0.588. The van der Waals surface area contributed by atoms with Crippen LogP contribution in [0.2, 0.25) is 0 Å². The van der Waals surface area contributed by atoms with Gasteiger partial charge in [-0.25, -0.2) is 9.37 Å². The van der Waals surface area contributed by atoms with Gasteiger partial charge in [-0.3, -0.25) is 0 Å². The van der Waals surface area contributed by atoms with E-state index in [1.807, 2.05) is 31.2 Å². The van der Waals surface area contributed by atoms with Crippen LogP contribution < -0.4 is 4.74 Å². The Hall–Kier alpha value is -2.40. The molecule has 2 aromatic carbocycles. The highest BCUT2D eigenvalue weighted by Gasteiger charge is 2.12. The molecule has 1 heterocycles. The van der Waals surface area contributed by atoms with E-state index in [0.29, 0.717) is 22.4 Å². The molecule has 0 unspecified atom stereocenters. The molecule has 140 valence electrons. The van der Waals surface area contributed by atoms with Crippen molar-refractivity contribution in [3.8, 4) is 11.6 Å². The Morgan fingerprint density at radius 1 is 1.04 bits per heavy atom. The van der Waals surface area contributed by atoms with Gasteiger partial charge in [0.1, 0.15) is 11.6 Å². The topological polar surface area (TPSA) is 35.0 Å². The van der Waals surface area contributed by atoms with Crippen molar-refractivity contribution in [2.45, 2.75) is 44.5 Å². The van der Waals surface area contributed by atoms with E-state index in [9.17, 15) is 4.39 Å². The maximum atomic E-state index is 13.9. The summed E-state index contributed by atoms with van der Waals surface area (Å²) in [7, 11) is 0. The maximum absolute atomic E-state index is 13.9. The first-order chi connectivity index (χ1) is 12.9. The molecule has 27 heavy (non-hydrogen) atoms. The monoisotopic (exact) mass is 382 g/mol. The molecule has 0 aliphatic rings. The number of halogens is 1. The number of aromatic nitrogens is 2. The van der Waals surface area contributed by atoms with E-state index in [4.69, 9.17) is 4.74 Å². The zero-order valence-electron chi connectivity index (χ0n) is 16.0. The lowest BCUT2D eigenvalue weighted by atomic mass is 10.1. The van der Waals surface area contributed by atoms with Crippen LogP contribution in [0.3, 0.4) is 0 Å². The third-order valence-electron chi connectivity index (χ3n) is 4.38. The Balaban J connectivity index is 1.86. The molecule has 3 aromatic rings. The Bertz CT molecular complexity index is 943. The van der Waals surface area contributed by atoms with Crippen LogP contribution in [0, 0.1) is 19.7 Å². The number of hydrogen-bond donors (Lipinski definition) is 0. The lowest BCUT2D eigenvalue weighted by Crippen LogP contribution is -2.01. The van der Waals surface area contributed by atoms with Gasteiger partial charge in [-0.2, -0.15) is 4.98 Å². The minimum atomic E-state index is -0.211. The lowest BCUT2D eigenvalue weighted by Gasteiger charge is -2.13. The summed E-state index contributed by atoms with van der Waals surface area (Å²) in [5.41, 5.74) is 3.79. The fourth-order valence-corrected chi connectivity index (χ4v) is 3.38. The summed E-state index contributed by atoms with van der Waals surface area (Å²) < 4.78 is 19.9. The molecule has 0 fully saturated rings. The van der Waals surface area contributed by atoms with Gasteiger partial charge >= 0.3 is 0 Å². The van der Waals surface area contributed by atoms with Crippen molar-refractivity contribution in [3.05, 3.63) is 76.7 Å². The van der Waals surface area contributed by atoms with Crippen LogP contribution in [0.4, 0.5) is 4.39 Å². The van der Waals surface area contributed by atoms with Gasteiger partial charge in [0.15, 0.2) is 5.16 Å². The molecule has 0 saturated heterocycles. The van der Waals surface area contributed by atoms with Crippen LogP contribution in [-0.2, 0) is 5.75 Å². The van der Waals surface area contributed by atoms with Crippen molar-refractivity contribution in [1.82, 2.24) is 9.97 Å². The summed E-state index contributed by atoms with van der Waals surface area (Å²) in [6, 6.07) is 14.6. The molecule has 0 saturated carbocycles. The van der Waals surface area contributed by atoms with E-state index in [1.165, 1.54) is 23.4 Å².